The zero-order valence-electron chi connectivity index (χ0n) is 20.3. The van der Waals surface area contributed by atoms with Crippen LogP contribution in [0.2, 0.25) is 0 Å². The third kappa shape index (κ3) is 5.74. The van der Waals surface area contributed by atoms with Gasteiger partial charge in [-0.25, -0.2) is 14.0 Å². The molecule has 35 heavy (non-hydrogen) atoms. The lowest BCUT2D eigenvalue weighted by Gasteiger charge is -2.44. The summed E-state index contributed by atoms with van der Waals surface area (Å²) < 4.78 is 25.3. The fourth-order valence-electron chi connectivity index (χ4n) is 5.52. The lowest BCUT2D eigenvalue weighted by molar-refractivity contribution is -0.162. The summed E-state index contributed by atoms with van der Waals surface area (Å²) in [6.07, 6.45) is 9.95. The van der Waals surface area contributed by atoms with Crippen molar-refractivity contribution in [1.29, 1.82) is 0 Å². The molecule has 4 rings (SSSR count). The molecule has 1 N–H and O–H groups in total. The number of amides is 3. The first-order chi connectivity index (χ1) is 17.0. The predicted octanol–water partition coefficient (Wildman–Crippen LogP) is 2.93. The number of alkyl halides is 1. The largest absolute Gasteiger partial charge is 0.458 e. The number of unbranched alkanes of at least 4 members (excludes halogenated alkanes) is 2. The van der Waals surface area contributed by atoms with Gasteiger partial charge in [-0.1, -0.05) is 13.3 Å². The van der Waals surface area contributed by atoms with Gasteiger partial charge in [-0.05, 0) is 44.1 Å². The number of esters is 1. The highest BCUT2D eigenvalue weighted by molar-refractivity contribution is 6.02. The molecule has 1 aliphatic carbocycles. The van der Waals surface area contributed by atoms with Gasteiger partial charge >= 0.3 is 12.0 Å². The molecule has 3 amide bonds. The molecule has 3 aliphatic heterocycles. The number of carbonyl (C=O) groups is 3. The SMILES string of the molecule is CCCC1C(OCCCCCN2C(=O)CN(C3=CN=CCN3)C2=O)CCC2C(CF)=CC(=O)OC21. The van der Waals surface area contributed by atoms with Crippen molar-refractivity contribution in [2.75, 3.05) is 32.9 Å². The van der Waals surface area contributed by atoms with Gasteiger partial charge in [0.2, 0.25) is 0 Å². The highest BCUT2D eigenvalue weighted by atomic mass is 19.1. The Labute approximate surface area is 205 Å². The van der Waals surface area contributed by atoms with E-state index in [9.17, 15) is 18.8 Å². The number of aliphatic imine (C=N–C) groups is 1. The van der Waals surface area contributed by atoms with E-state index in [1.54, 1.807) is 12.4 Å². The van der Waals surface area contributed by atoms with Crippen molar-refractivity contribution < 1.29 is 28.2 Å². The van der Waals surface area contributed by atoms with Crippen LogP contribution in [-0.4, -0.2) is 79.0 Å². The molecular weight excluding hydrogens is 455 g/mol. The minimum absolute atomic E-state index is 0.0165. The number of carbonyl (C=O) groups excluding carboxylic acids is 3. The quantitative estimate of drug-likeness (QED) is 0.272. The number of nitrogens with one attached hydrogen (secondary N) is 1. The van der Waals surface area contributed by atoms with Crippen molar-refractivity contribution in [3.8, 4) is 0 Å². The number of rotatable bonds is 11. The topological polar surface area (TPSA) is 101 Å². The molecule has 0 bridgehead atoms. The summed E-state index contributed by atoms with van der Waals surface area (Å²) in [6.45, 7) is 2.98. The minimum Gasteiger partial charge on any atom is -0.458 e. The maximum absolute atomic E-state index is 13.5. The molecule has 0 aromatic rings. The number of urea groups is 1. The van der Waals surface area contributed by atoms with E-state index in [4.69, 9.17) is 9.47 Å². The molecule has 4 aliphatic rings. The van der Waals surface area contributed by atoms with Crippen molar-refractivity contribution in [2.45, 2.75) is 64.1 Å². The Bertz CT molecular complexity index is 904. The van der Waals surface area contributed by atoms with Crippen molar-refractivity contribution >= 4 is 24.1 Å². The average Bonchev–Trinajstić information content (AvgIpc) is 3.15. The Hall–Kier alpha value is -2.75. The van der Waals surface area contributed by atoms with E-state index in [1.807, 2.05) is 0 Å². The van der Waals surface area contributed by atoms with E-state index in [2.05, 4.69) is 17.2 Å². The summed E-state index contributed by atoms with van der Waals surface area (Å²) in [7, 11) is 0. The second kappa shape index (κ2) is 11.8. The predicted molar refractivity (Wildman–Crippen MR) is 127 cm³/mol. The number of imide groups is 1. The summed E-state index contributed by atoms with van der Waals surface area (Å²) in [6, 6.07) is -0.315. The van der Waals surface area contributed by atoms with E-state index in [-0.39, 0.29) is 42.5 Å². The number of hydrogen-bond acceptors (Lipinski definition) is 7. The molecule has 4 atom stereocenters. The van der Waals surface area contributed by atoms with Gasteiger partial charge in [-0.2, -0.15) is 0 Å². The van der Waals surface area contributed by atoms with E-state index in [0.717, 1.165) is 38.5 Å². The van der Waals surface area contributed by atoms with Gasteiger partial charge in [0.15, 0.2) is 0 Å². The lowest BCUT2D eigenvalue weighted by atomic mass is 9.71. The van der Waals surface area contributed by atoms with Gasteiger partial charge in [-0.3, -0.25) is 19.6 Å². The smallest absolute Gasteiger partial charge is 0.332 e. The third-order valence-corrected chi connectivity index (χ3v) is 7.25. The third-order valence-electron chi connectivity index (χ3n) is 7.25. The first-order valence-corrected chi connectivity index (χ1v) is 12.7. The van der Waals surface area contributed by atoms with E-state index in [1.165, 1.54) is 15.9 Å². The molecule has 10 heteroatoms. The van der Waals surface area contributed by atoms with Crippen LogP contribution >= 0.6 is 0 Å². The van der Waals surface area contributed by atoms with Crippen LogP contribution in [0.5, 0.6) is 0 Å². The van der Waals surface area contributed by atoms with Crippen LogP contribution in [0.1, 0.15) is 51.9 Å². The van der Waals surface area contributed by atoms with Crippen LogP contribution in [0.3, 0.4) is 0 Å². The Morgan fingerprint density at radius 1 is 1.23 bits per heavy atom. The second-order valence-corrected chi connectivity index (χ2v) is 9.50. The summed E-state index contributed by atoms with van der Waals surface area (Å²) in [5, 5.41) is 3.06. The second-order valence-electron chi connectivity index (χ2n) is 9.50. The highest BCUT2D eigenvalue weighted by Gasteiger charge is 2.45. The molecule has 0 aromatic heterocycles. The standard InChI is InChI=1S/C25H35FN4O5/c1-2-6-19-20(8-7-18-17(14-26)13-23(32)35-24(18)19)34-12-5-3-4-11-29-22(31)16-30(25(29)33)21-15-27-9-10-28-21/h9,13,15,18-20,24,28H,2-8,10-12,14,16H2,1H3. The first-order valence-electron chi connectivity index (χ1n) is 12.7. The molecule has 2 fully saturated rings. The minimum atomic E-state index is -0.609. The van der Waals surface area contributed by atoms with E-state index < -0.39 is 12.6 Å². The van der Waals surface area contributed by atoms with Gasteiger partial charge in [0.05, 0.1) is 18.8 Å². The molecule has 0 radical (unpaired) electrons. The monoisotopic (exact) mass is 490 g/mol. The van der Waals surface area contributed by atoms with Gasteiger partial charge in [0.25, 0.3) is 5.91 Å². The number of ether oxygens (including phenoxy) is 2. The molecule has 192 valence electrons. The maximum atomic E-state index is 13.5. The van der Waals surface area contributed by atoms with Crippen molar-refractivity contribution in [3.05, 3.63) is 23.7 Å². The van der Waals surface area contributed by atoms with Crippen LogP contribution in [0.25, 0.3) is 0 Å². The molecular formula is C25H35FN4O5. The number of halogens is 1. The zero-order valence-corrected chi connectivity index (χ0v) is 20.3. The van der Waals surface area contributed by atoms with E-state index >= 15 is 0 Å². The Morgan fingerprint density at radius 2 is 2.09 bits per heavy atom. The molecule has 0 aromatic carbocycles. The fraction of sp³-hybridized carbons (Fsp3) is 0.680. The zero-order chi connectivity index (χ0) is 24.8. The summed E-state index contributed by atoms with van der Waals surface area (Å²) in [5.74, 6) is -0.0813. The van der Waals surface area contributed by atoms with Crippen molar-refractivity contribution in [2.24, 2.45) is 16.8 Å². The maximum Gasteiger partial charge on any atom is 0.332 e. The molecule has 0 spiro atoms. The summed E-state index contributed by atoms with van der Waals surface area (Å²) in [5.41, 5.74) is 0.554. The van der Waals surface area contributed by atoms with Crippen molar-refractivity contribution in [3.63, 3.8) is 0 Å². The number of nitrogens with zero attached hydrogens (tertiary/aromatic N) is 3. The average molecular weight is 491 g/mol. The first kappa shape index (κ1) is 25.3. The molecule has 1 saturated heterocycles. The summed E-state index contributed by atoms with van der Waals surface area (Å²) >= 11 is 0. The number of fused-ring (bicyclic) bond motifs is 1. The van der Waals surface area contributed by atoms with Gasteiger partial charge in [0, 0.05) is 37.3 Å². The van der Waals surface area contributed by atoms with Gasteiger partial charge in [0.1, 0.15) is 25.1 Å². The fourth-order valence-corrected chi connectivity index (χ4v) is 5.52. The van der Waals surface area contributed by atoms with Crippen molar-refractivity contribution in [1.82, 2.24) is 15.1 Å². The molecule has 3 heterocycles. The highest BCUT2D eigenvalue weighted by Crippen LogP contribution is 2.42. The van der Waals surface area contributed by atoms with Gasteiger partial charge in [-0.15, -0.1) is 0 Å². The van der Waals surface area contributed by atoms with Crippen LogP contribution < -0.4 is 5.32 Å². The van der Waals surface area contributed by atoms with Crippen LogP contribution in [-0.2, 0) is 19.1 Å². The molecule has 1 saturated carbocycles. The molecule has 4 unspecified atom stereocenters. The molecule has 9 nitrogen and oxygen atoms in total. The lowest BCUT2D eigenvalue weighted by Crippen LogP contribution is -2.48. The number of hydrogen-bond donors (Lipinski definition) is 1. The van der Waals surface area contributed by atoms with E-state index in [0.29, 0.717) is 37.5 Å². The van der Waals surface area contributed by atoms with Crippen LogP contribution in [0.15, 0.2) is 28.7 Å². The van der Waals surface area contributed by atoms with Crippen LogP contribution in [0, 0.1) is 11.8 Å². The Kier molecular flexibility index (Phi) is 8.54. The van der Waals surface area contributed by atoms with Crippen LogP contribution in [0.4, 0.5) is 9.18 Å². The summed E-state index contributed by atoms with van der Waals surface area (Å²) in [4.78, 5) is 43.7. The Morgan fingerprint density at radius 3 is 2.83 bits per heavy atom. The Balaban J connectivity index is 1.20. The normalized spacial score (nSPS) is 28.5. The van der Waals surface area contributed by atoms with Gasteiger partial charge < -0.3 is 14.8 Å².